The molecule has 0 heterocycles. The molecule has 16 heavy (non-hydrogen) atoms. The lowest BCUT2D eigenvalue weighted by molar-refractivity contribution is 0.0697. The highest BCUT2D eigenvalue weighted by atomic mass is 79.9. The molecule has 0 fully saturated rings. The highest BCUT2D eigenvalue weighted by molar-refractivity contribution is 9.10. The Hall–Kier alpha value is -1.61. The smallest absolute Gasteiger partial charge is 0.335 e. The zero-order valence-electron chi connectivity index (χ0n) is 8.35. The Bertz CT molecular complexity index is 518. The van der Waals surface area contributed by atoms with Crippen LogP contribution in [0, 0.1) is 0 Å². The van der Waals surface area contributed by atoms with Gasteiger partial charge in [-0.3, -0.25) is 0 Å². The number of carboxylic acid groups (broad SMARTS) is 1. The van der Waals surface area contributed by atoms with Crippen molar-refractivity contribution >= 4 is 21.9 Å². The number of halogens is 1. The van der Waals surface area contributed by atoms with Gasteiger partial charge in [-0.2, -0.15) is 0 Å². The molecule has 2 aromatic rings. The van der Waals surface area contributed by atoms with Gasteiger partial charge in [-0.25, -0.2) is 4.79 Å². The van der Waals surface area contributed by atoms with Gasteiger partial charge < -0.3 is 5.11 Å². The van der Waals surface area contributed by atoms with Gasteiger partial charge in [0.1, 0.15) is 0 Å². The molecule has 0 spiro atoms. The molecule has 2 aromatic carbocycles. The average molecular weight is 277 g/mol. The molecule has 0 atom stereocenters. The first-order valence-electron chi connectivity index (χ1n) is 4.77. The Kier molecular flexibility index (Phi) is 3.06. The summed E-state index contributed by atoms with van der Waals surface area (Å²) < 4.78 is 0.998. The molecule has 2 rings (SSSR count). The normalized spacial score (nSPS) is 10.1. The van der Waals surface area contributed by atoms with Crippen molar-refractivity contribution in [2.75, 3.05) is 0 Å². The molecule has 0 aromatic heterocycles. The number of hydrogen-bond acceptors (Lipinski definition) is 1. The summed E-state index contributed by atoms with van der Waals surface area (Å²) in [7, 11) is 0. The van der Waals surface area contributed by atoms with E-state index in [0.717, 1.165) is 15.6 Å². The van der Waals surface area contributed by atoms with E-state index in [1.165, 1.54) is 0 Å². The Balaban J connectivity index is 2.43. The fourth-order valence-corrected chi connectivity index (χ4v) is 2.00. The van der Waals surface area contributed by atoms with Crippen LogP contribution in [0.5, 0.6) is 0 Å². The van der Waals surface area contributed by atoms with Gasteiger partial charge in [0.2, 0.25) is 0 Å². The van der Waals surface area contributed by atoms with Gasteiger partial charge in [0, 0.05) is 4.47 Å². The molecule has 0 aliphatic carbocycles. The quantitative estimate of drug-likeness (QED) is 0.906. The molecule has 0 radical (unpaired) electrons. The van der Waals surface area contributed by atoms with Crippen LogP contribution in [0.2, 0.25) is 0 Å². The second-order valence-corrected chi connectivity index (χ2v) is 4.22. The maximum absolute atomic E-state index is 10.7. The SMILES string of the molecule is O=C(O)c1ccc(-c2ccccc2Br)cc1. The van der Waals surface area contributed by atoms with E-state index in [-0.39, 0.29) is 0 Å². The summed E-state index contributed by atoms with van der Waals surface area (Å²) in [5.41, 5.74) is 2.35. The highest BCUT2D eigenvalue weighted by Crippen LogP contribution is 2.27. The standard InChI is InChI=1S/C13H9BrO2/c14-12-4-2-1-3-11(12)9-5-7-10(8-6-9)13(15)16/h1-8H,(H,15,16). The van der Waals surface area contributed by atoms with Crippen molar-refractivity contribution in [2.45, 2.75) is 0 Å². The van der Waals surface area contributed by atoms with E-state index in [2.05, 4.69) is 15.9 Å². The highest BCUT2D eigenvalue weighted by Gasteiger charge is 2.04. The summed E-state index contributed by atoms with van der Waals surface area (Å²) in [5, 5.41) is 8.79. The van der Waals surface area contributed by atoms with Gasteiger partial charge in [0.15, 0.2) is 0 Å². The predicted molar refractivity (Wildman–Crippen MR) is 66.5 cm³/mol. The van der Waals surface area contributed by atoms with E-state index in [0.29, 0.717) is 5.56 Å². The van der Waals surface area contributed by atoms with Crippen LogP contribution in [0.15, 0.2) is 53.0 Å². The van der Waals surface area contributed by atoms with Crippen LogP contribution >= 0.6 is 15.9 Å². The molecule has 0 amide bonds. The first-order chi connectivity index (χ1) is 7.68. The zero-order chi connectivity index (χ0) is 11.5. The fourth-order valence-electron chi connectivity index (χ4n) is 1.49. The Morgan fingerprint density at radius 3 is 2.19 bits per heavy atom. The monoisotopic (exact) mass is 276 g/mol. The Morgan fingerprint density at radius 2 is 1.62 bits per heavy atom. The number of carbonyl (C=O) groups is 1. The summed E-state index contributed by atoms with van der Waals surface area (Å²) in [4.78, 5) is 10.7. The minimum Gasteiger partial charge on any atom is -0.478 e. The second kappa shape index (κ2) is 4.49. The van der Waals surface area contributed by atoms with Crippen molar-refractivity contribution in [3.63, 3.8) is 0 Å². The van der Waals surface area contributed by atoms with E-state index in [4.69, 9.17) is 5.11 Å². The molecule has 3 heteroatoms. The van der Waals surface area contributed by atoms with Crippen molar-refractivity contribution in [3.8, 4) is 11.1 Å². The van der Waals surface area contributed by atoms with Crippen molar-refractivity contribution < 1.29 is 9.90 Å². The van der Waals surface area contributed by atoms with Gasteiger partial charge in [-0.1, -0.05) is 46.3 Å². The lowest BCUT2D eigenvalue weighted by Gasteiger charge is -2.04. The lowest BCUT2D eigenvalue weighted by atomic mass is 10.0. The molecule has 1 N–H and O–H groups in total. The number of aromatic carboxylic acids is 1. The van der Waals surface area contributed by atoms with Crippen LogP contribution in [0.25, 0.3) is 11.1 Å². The van der Waals surface area contributed by atoms with Crippen molar-refractivity contribution in [1.82, 2.24) is 0 Å². The van der Waals surface area contributed by atoms with Crippen LogP contribution in [0.3, 0.4) is 0 Å². The first-order valence-corrected chi connectivity index (χ1v) is 5.56. The Morgan fingerprint density at radius 1 is 1.00 bits per heavy atom. The molecule has 0 unspecified atom stereocenters. The summed E-state index contributed by atoms with van der Waals surface area (Å²) in [6.07, 6.45) is 0. The second-order valence-electron chi connectivity index (χ2n) is 3.36. The van der Waals surface area contributed by atoms with E-state index in [9.17, 15) is 4.79 Å². The number of rotatable bonds is 2. The largest absolute Gasteiger partial charge is 0.478 e. The summed E-state index contributed by atoms with van der Waals surface area (Å²) in [6.45, 7) is 0. The molecule has 0 saturated heterocycles. The topological polar surface area (TPSA) is 37.3 Å². The minimum atomic E-state index is -0.904. The molecule has 0 aliphatic rings. The van der Waals surface area contributed by atoms with Crippen molar-refractivity contribution in [3.05, 3.63) is 58.6 Å². The van der Waals surface area contributed by atoms with Gasteiger partial charge in [0.05, 0.1) is 5.56 Å². The summed E-state index contributed by atoms with van der Waals surface area (Å²) >= 11 is 3.46. The van der Waals surface area contributed by atoms with Gasteiger partial charge >= 0.3 is 5.97 Å². The third-order valence-corrected chi connectivity index (χ3v) is 3.01. The number of carboxylic acids is 1. The van der Waals surface area contributed by atoms with Crippen LogP contribution in [0.1, 0.15) is 10.4 Å². The number of benzene rings is 2. The molecular formula is C13H9BrO2. The van der Waals surface area contributed by atoms with Gasteiger partial charge in [0.25, 0.3) is 0 Å². The molecule has 80 valence electrons. The summed E-state index contributed by atoms with van der Waals surface area (Å²) in [6, 6.07) is 14.7. The minimum absolute atomic E-state index is 0.302. The lowest BCUT2D eigenvalue weighted by Crippen LogP contribution is -1.94. The van der Waals surface area contributed by atoms with Crippen molar-refractivity contribution in [1.29, 1.82) is 0 Å². The third kappa shape index (κ3) is 2.14. The molecule has 0 saturated carbocycles. The first kappa shape index (κ1) is 10.9. The zero-order valence-corrected chi connectivity index (χ0v) is 9.94. The van der Waals surface area contributed by atoms with Crippen LogP contribution in [-0.4, -0.2) is 11.1 Å². The van der Waals surface area contributed by atoms with Gasteiger partial charge in [-0.15, -0.1) is 0 Å². The van der Waals surface area contributed by atoms with Crippen LogP contribution in [0.4, 0.5) is 0 Å². The predicted octanol–water partition coefficient (Wildman–Crippen LogP) is 3.81. The van der Waals surface area contributed by atoms with Crippen molar-refractivity contribution in [2.24, 2.45) is 0 Å². The molecule has 2 nitrogen and oxygen atoms in total. The van der Waals surface area contributed by atoms with E-state index in [1.807, 2.05) is 36.4 Å². The Labute approximate surface area is 102 Å². The van der Waals surface area contributed by atoms with E-state index in [1.54, 1.807) is 12.1 Å². The van der Waals surface area contributed by atoms with Crippen LogP contribution < -0.4 is 0 Å². The summed E-state index contributed by atoms with van der Waals surface area (Å²) in [5.74, 6) is -0.904. The fraction of sp³-hybridized carbons (Fsp3) is 0. The number of hydrogen-bond donors (Lipinski definition) is 1. The van der Waals surface area contributed by atoms with E-state index < -0.39 is 5.97 Å². The molecular weight excluding hydrogens is 268 g/mol. The average Bonchev–Trinajstić information content (AvgIpc) is 2.30. The third-order valence-electron chi connectivity index (χ3n) is 2.32. The maximum atomic E-state index is 10.7. The molecule has 0 bridgehead atoms. The maximum Gasteiger partial charge on any atom is 0.335 e. The van der Waals surface area contributed by atoms with Crippen LogP contribution in [-0.2, 0) is 0 Å². The molecule has 0 aliphatic heterocycles. The van der Waals surface area contributed by atoms with E-state index >= 15 is 0 Å². The van der Waals surface area contributed by atoms with Gasteiger partial charge in [-0.05, 0) is 29.3 Å².